The lowest BCUT2D eigenvalue weighted by Crippen LogP contribution is -2.43. The summed E-state index contributed by atoms with van der Waals surface area (Å²) < 4.78 is 10.8. The number of carbonyl (C=O) groups is 2. The number of cyclic esters (lactones) is 1. The monoisotopic (exact) mass is 291 g/mol. The van der Waals surface area contributed by atoms with Crippen LogP contribution in [0.5, 0.6) is 0 Å². The van der Waals surface area contributed by atoms with Gasteiger partial charge < -0.3 is 9.47 Å². The van der Waals surface area contributed by atoms with Crippen molar-refractivity contribution in [3.05, 3.63) is 0 Å². The summed E-state index contributed by atoms with van der Waals surface area (Å²) in [7, 11) is 0. The van der Waals surface area contributed by atoms with Crippen LogP contribution in [0.25, 0.3) is 0 Å². The summed E-state index contributed by atoms with van der Waals surface area (Å²) in [5.41, 5.74) is -0.558. The second-order valence-electron chi connectivity index (χ2n) is 7.15. The van der Waals surface area contributed by atoms with Crippen molar-refractivity contribution in [2.45, 2.75) is 39.7 Å². The van der Waals surface area contributed by atoms with E-state index in [1.165, 1.54) is 0 Å². The zero-order valence-electron chi connectivity index (χ0n) is 12.7. The summed E-state index contributed by atoms with van der Waals surface area (Å²) in [5, 5.41) is 9.45. The standard InChI is InChI=1S/C16H21NO4/c1-4-16(2,3)15(19)21-13-9-5-8(10(13)6-17)11-7-20-14(18)12(9)11/h8-13H,4-5,7H2,1-3H3. The fourth-order valence-electron chi connectivity index (χ4n) is 4.09. The zero-order chi connectivity index (χ0) is 15.4. The van der Waals surface area contributed by atoms with E-state index in [4.69, 9.17) is 9.47 Å². The Kier molecular flexibility index (Phi) is 3.23. The molecular weight excluding hydrogens is 270 g/mol. The number of nitrogens with zero attached hydrogens (tertiary/aromatic N) is 1. The number of rotatable bonds is 3. The normalized spacial score (nSPS) is 40.6. The molecule has 0 aromatic rings. The van der Waals surface area contributed by atoms with Gasteiger partial charge in [-0.2, -0.15) is 5.26 Å². The van der Waals surface area contributed by atoms with Crippen LogP contribution in [0.2, 0.25) is 0 Å². The van der Waals surface area contributed by atoms with Crippen molar-refractivity contribution < 1.29 is 19.1 Å². The van der Waals surface area contributed by atoms with Gasteiger partial charge in [0.2, 0.25) is 0 Å². The third-order valence-electron chi connectivity index (χ3n) is 5.77. The van der Waals surface area contributed by atoms with Crippen LogP contribution in [0.3, 0.4) is 0 Å². The topological polar surface area (TPSA) is 76.4 Å². The average molecular weight is 291 g/mol. The molecule has 0 aromatic carbocycles. The first-order valence-electron chi connectivity index (χ1n) is 7.68. The maximum atomic E-state index is 12.3. The molecule has 3 rings (SSSR count). The summed E-state index contributed by atoms with van der Waals surface area (Å²) in [5.74, 6) is -0.716. The van der Waals surface area contributed by atoms with E-state index >= 15 is 0 Å². The Balaban J connectivity index is 1.81. The van der Waals surface area contributed by atoms with Crippen molar-refractivity contribution in [2.24, 2.45) is 35.0 Å². The fraction of sp³-hybridized carbons (Fsp3) is 0.812. The molecule has 6 unspecified atom stereocenters. The van der Waals surface area contributed by atoms with E-state index < -0.39 is 11.5 Å². The van der Waals surface area contributed by atoms with Gasteiger partial charge in [0, 0.05) is 11.8 Å². The van der Waals surface area contributed by atoms with E-state index in [0.717, 1.165) is 6.42 Å². The minimum Gasteiger partial charge on any atom is -0.465 e. The van der Waals surface area contributed by atoms with Gasteiger partial charge in [0.1, 0.15) is 6.10 Å². The van der Waals surface area contributed by atoms with E-state index in [-0.39, 0.29) is 41.5 Å². The molecule has 0 aromatic heterocycles. The van der Waals surface area contributed by atoms with Gasteiger partial charge in [0.15, 0.2) is 0 Å². The molecular formula is C16H21NO4. The summed E-state index contributed by atoms with van der Waals surface area (Å²) in [6.45, 7) is 6.05. The van der Waals surface area contributed by atoms with Crippen LogP contribution >= 0.6 is 0 Å². The number of fused-ring (bicyclic) bond motifs is 5. The van der Waals surface area contributed by atoms with Gasteiger partial charge in [0.25, 0.3) is 0 Å². The third kappa shape index (κ3) is 1.96. The number of carbonyl (C=O) groups excluding carboxylic acids is 2. The van der Waals surface area contributed by atoms with E-state index in [1.54, 1.807) is 0 Å². The van der Waals surface area contributed by atoms with Gasteiger partial charge in [-0.1, -0.05) is 6.92 Å². The van der Waals surface area contributed by atoms with Gasteiger partial charge in [-0.05, 0) is 32.6 Å². The lowest BCUT2D eigenvalue weighted by molar-refractivity contribution is -0.167. The quantitative estimate of drug-likeness (QED) is 0.742. The molecule has 2 bridgehead atoms. The van der Waals surface area contributed by atoms with Gasteiger partial charge >= 0.3 is 11.9 Å². The molecule has 6 atom stereocenters. The molecule has 0 spiro atoms. The summed E-state index contributed by atoms with van der Waals surface area (Å²) in [6.07, 6.45) is 1.02. The van der Waals surface area contributed by atoms with Crippen LogP contribution < -0.4 is 0 Å². The van der Waals surface area contributed by atoms with Gasteiger partial charge in [-0.25, -0.2) is 0 Å². The maximum absolute atomic E-state index is 12.3. The minimum absolute atomic E-state index is 0.0451. The molecule has 2 aliphatic carbocycles. The Morgan fingerprint density at radius 1 is 1.43 bits per heavy atom. The first-order chi connectivity index (χ1) is 9.90. The largest absolute Gasteiger partial charge is 0.465 e. The minimum atomic E-state index is -0.558. The highest BCUT2D eigenvalue weighted by Crippen LogP contribution is 2.58. The Hall–Kier alpha value is -1.57. The number of ether oxygens (including phenoxy) is 2. The molecule has 114 valence electrons. The molecule has 1 saturated heterocycles. The number of hydrogen-bond donors (Lipinski definition) is 0. The summed E-state index contributed by atoms with van der Waals surface area (Å²) in [4.78, 5) is 24.2. The molecule has 5 heteroatoms. The van der Waals surface area contributed by atoms with E-state index in [1.807, 2.05) is 20.8 Å². The molecule has 21 heavy (non-hydrogen) atoms. The average Bonchev–Trinajstić information content (AvgIpc) is 3.10. The number of hydrogen-bond acceptors (Lipinski definition) is 5. The van der Waals surface area contributed by atoms with Crippen molar-refractivity contribution in [3.63, 3.8) is 0 Å². The maximum Gasteiger partial charge on any atom is 0.311 e. The molecule has 0 radical (unpaired) electrons. The van der Waals surface area contributed by atoms with Crippen LogP contribution in [0.4, 0.5) is 0 Å². The van der Waals surface area contributed by atoms with Crippen LogP contribution in [0, 0.1) is 46.3 Å². The lowest BCUT2D eigenvalue weighted by Gasteiger charge is -2.34. The van der Waals surface area contributed by atoms with Crippen LogP contribution in [-0.2, 0) is 19.1 Å². The summed E-state index contributed by atoms with van der Waals surface area (Å²) in [6, 6.07) is 2.30. The molecule has 0 N–H and O–H groups in total. The van der Waals surface area contributed by atoms with E-state index in [0.29, 0.717) is 13.0 Å². The van der Waals surface area contributed by atoms with Crippen molar-refractivity contribution in [1.82, 2.24) is 0 Å². The summed E-state index contributed by atoms with van der Waals surface area (Å²) >= 11 is 0. The third-order valence-corrected chi connectivity index (χ3v) is 5.77. The van der Waals surface area contributed by atoms with Crippen molar-refractivity contribution in [2.75, 3.05) is 6.61 Å². The first kappa shape index (κ1) is 14.4. The Morgan fingerprint density at radius 2 is 2.14 bits per heavy atom. The Bertz CT molecular complexity index is 521. The molecule has 5 nitrogen and oxygen atoms in total. The van der Waals surface area contributed by atoms with E-state index in [2.05, 4.69) is 6.07 Å². The van der Waals surface area contributed by atoms with Gasteiger partial charge in [-0.15, -0.1) is 0 Å². The zero-order valence-corrected chi connectivity index (χ0v) is 12.7. The van der Waals surface area contributed by atoms with Crippen molar-refractivity contribution >= 4 is 11.9 Å². The first-order valence-corrected chi connectivity index (χ1v) is 7.68. The van der Waals surface area contributed by atoms with Gasteiger partial charge in [0.05, 0.1) is 29.9 Å². The number of esters is 2. The van der Waals surface area contributed by atoms with Crippen LogP contribution in [0.15, 0.2) is 0 Å². The predicted molar refractivity (Wildman–Crippen MR) is 72.6 cm³/mol. The highest BCUT2D eigenvalue weighted by molar-refractivity contribution is 5.78. The Morgan fingerprint density at radius 3 is 2.76 bits per heavy atom. The smallest absolute Gasteiger partial charge is 0.311 e. The molecule has 3 aliphatic rings. The fourth-order valence-corrected chi connectivity index (χ4v) is 4.09. The lowest BCUT2D eigenvalue weighted by atomic mass is 9.74. The van der Waals surface area contributed by atoms with Crippen molar-refractivity contribution in [3.8, 4) is 6.07 Å². The van der Waals surface area contributed by atoms with Crippen molar-refractivity contribution in [1.29, 1.82) is 5.26 Å². The SMILES string of the molecule is CCC(C)(C)C(=O)OC1C(C#N)C2CC1C1C(=O)OCC21. The Labute approximate surface area is 124 Å². The second kappa shape index (κ2) is 4.72. The second-order valence-corrected chi connectivity index (χ2v) is 7.15. The van der Waals surface area contributed by atoms with Crippen LogP contribution in [0.1, 0.15) is 33.6 Å². The van der Waals surface area contributed by atoms with Crippen LogP contribution in [-0.4, -0.2) is 24.6 Å². The highest BCUT2D eigenvalue weighted by atomic mass is 16.6. The predicted octanol–water partition coefficient (Wildman–Crippen LogP) is 1.91. The number of nitriles is 1. The molecule has 0 amide bonds. The molecule has 1 heterocycles. The molecule has 2 saturated carbocycles. The molecule has 3 fully saturated rings. The molecule has 1 aliphatic heterocycles. The van der Waals surface area contributed by atoms with E-state index in [9.17, 15) is 14.9 Å². The van der Waals surface area contributed by atoms with Gasteiger partial charge in [-0.3, -0.25) is 9.59 Å². The highest BCUT2D eigenvalue weighted by Gasteiger charge is 2.65.